The molecule has 38 heavy (non-hydrogen) atoms. The summed E-state index contributed by atoms with van der Waals surface area (Å²) >= 11 is 0. The lowest BCUT2D eigenvalue weighted by molar-refractivity contribution is 0.276. The maximum absolute atomic E-state index is 12.4. The molecule has 1 aliphatic rings. The van der Waals surface area contributed by atoms with Crippen LogP contribution in [-0.4, -0.2) is 46.0 Å². The first-order chi connectivity index (χ1) is 18.1. The normalized spacial score (nSPS) is 15.5. The van der Waals surface area contributed by atoms with Gasteiger partial charge in [-0.2, -0.15) is 9.97 Å². The van der Waals surface area contributed by atoms with Gasteiger partial charge in [0.05, 0.1) is 23.3 Å². The van der Waals surface area contributed by atoms with Gasteiger partial charge in [-0.25, -0.2) is 13.4 Å². The molecular formula is C27H30N6O4S. The lowest BCUT2D eigenvalue weighted by atomic mass is 9.96. The Balaban J connectivity index is 1.51. The average Bonchev–Trinajstić information content (AvgIpc) is 3.39. The molecule has 0 unspecified atom stereocenters. The van der Waals surface area contributed by atoms with Crippen molar-refractivity contribution >= 4 is 27.3 Å². The second-order valence-electron chi connectivity index (χ2n) is 10.3. The fraction of sp³-hybridized carbons (Fsp3) is 0.333. The van der Waals surface area contributed by atoms with Crippen LogP contribution in [0, 0.1) is 0 Å². The molecule has 1 atom stereocenters. The number of hydrogen-bond donors (Lipinski definition) is 3. The molecule has 4 aromatic rings. The van der Waals surface area contributed by atoms with Gasteiger partial charge in [0.15, 0.2) is 15.7 Å². The molecule has 0 aliphatic carbocycles. The molecule has 0 saturated carbocycles. The fourth-order valence-electron chi connectivity index (χ4n) is 4.28. The summed E-state index contributed by atoms with van der Waals surface area (Å²) in [4.78, 5) is 14.1. The van der Waals surface area contributed by atoms with Gasteiger partial charge >= 0.3 is 0 Å². The van der Waals surface area contributed by atoms with E-state index in [2.05, 4.69) is 30.7 Å². The number of aliphatic hydroxyl groups excluding tert-OH is 1. The zero-order chi connectivity index (χ0) is 26.9. The summed E-state index contributed by atoms with van der Waals surface area (Å²) in [6.07, 6.45) is 2.87. The molecule has 0 radical (unpaired) electrons. The van der Waals surface area contributed by atoms with Crippen molar-refractivity contribution < 1.29 is 18.0 Å². The minimum Gasteiger partial charge on any atom is -0.394 e. The van der Waals surface area contributed by atoms with Crippen LogP contribution in [0.15, 0.2) is 64.1 Å². The number of fused-ring (bicyclic) bond motifs is 1. The molecule has 2 aromatic carbocycles. The van der Waals surface area contributed by atoms with E-state index >= 15 is 0 Å². The Bertz CT molecular complexity index is 1550. The Kier molecular flexibility index (Phi) is 6.89. The molecule has 0 amide bonds. The van der Waals surface area contributed by atoms with Gasteiger partial charge in [0.25, 0.3) is 5.89 Å². The van der Waals surface area contributed by atoms with Gasteiger partial charge in [0, 0.05) is 17.3 Å². The lowest BCUT2D eigenvalue weighted by Gasteiger charge is -2.20. The highest BCUT2D eigenvalue weighted by molar-refractivity contribution is 7.91. The van der Waals surface area contributed by atoms with Crippen molar-refractivity contribution in [2.24, 2.45) is 0 Å². The third-order valence-corrected chi connectivity index (χ3v) is 8.22. The van der Waals surface area contributed by atoms with Crippen molar-refractivity contribution in [1.82, 2.24) is 20.1 Å². The van der Waals surface area contributed by atoms with Crippen molar-refractivity contribution in [2.45, 2.75) is 50.0 Å². The third-order valence-electron chi connectivity index (χ3n) is 6.32. The van der Waals surface area contributed by atoms with Gasteiger partial charge in [-0.1, -0.05) is 56.3 Å². The first-order valence-corrected chi connectivity index (χ1v) is 14.1. The minimum atomic E-state index is -3.24. The topological polar surface area (TPSA) is 143 Å². The van der Waals surface area contributed by atoms with Crippen molar-refractivity contribution in [3.8, 4) is 11.5 Å². The number of anilines is 3. The monoisotopic (exact) mass is 534 g/mol. The second kappa shape index (κ2) is 10.1. The Hall–Kier alpha value is -3.83. The molecule has 5 rings (SSSR count). The molecule has 3 heterocycles. The van der Waals surface area contributed by atoms with Crippen LogP contribution in [0.3, 0.4) is 0 Å². The number of sulfone groups is 1. The fourth-order valence-corrected chi connectivity index (χ4v) is 5.86. The van der Waals surface area contributed by atoms with Crippen LogP contribution in [0.5, 0.6) is 0 Å². The number of aliphatic hydroxyl groups is 1. The Morgan fingerprint density at radius 3 is 2.61 bits per heavy atom. The number of rotatable bonds is 7. The van der Waals surface area contributed by atoms with Gasteiger partial charge < -0.3 is 20.3 Å². The Morgan fingerprint density at radius 2 is 1.89 bits per heavy atom. The molecule has 0 bridgehead atoms. The van der Waals surface area contributed by atoms with E-state index in [0.717, 1.165) is 11.1 Å². The molecule has 198 valence electrons. The maximum atomic E-state index is 12.4. The van der Waals surface area contributed by atoms with Crippen LogP contribution < -0.4 is 10.6 Å². The van der Waals surface area contributed by atoms with Gasteiger partial charge in [0.2, 0.25) is 5.95 Å². The minimum absolute atomic E-state index is 0.173. The number of benzene rings is 2. The van der Waals surface area contributed by atoms with Crippen molar-refractivity contribution in [3.63, 3.8) is 0 Å². The van der Waals surface area contributed by atoms with Gasteiger partial charge in [-0.3, -0.25) is 0 Å². The summed E-state index contributed by atoms with van der Waals surface area (Å²) < 4.78 is 30.3. The molecule has 0 spiro atoms. The highest BCUT2D eigenvalue weighted by atomic mass is 32.2. The predicted octanol–water partition coefficient (Wildman–Crippen LogP) is 4.43. The maximum Gasteiger partial charge on any atom is 0.263 e. The van der Waals surface area contributed by atoms with Gasteiger partial charge in [-0.15, -0.1) is 0 Å². The Morgan fingerprint density at radius 1 is 1.11 bits per heavy atom. The van der Waals surface area contributed by atoms with Crippen LogP contribution >= 0.6 is 0 Å². The number of hydrogen-bond acceptors (Lipinski definition) is 10. The molecule has 0 fully saturated rings. The smallest absolute Gasteiger partial charge is 0.263 e. The standard InChI is InChI=1S/C27H30N6O4S/c1-27(2,3)25-32-24(37-33-25)20-15-28-26(31-23(20)30-21(16-34)17-8-5-4-6-9-17)29-19-11-12-22-18(14-19)10-7-13-38(22,35)36/h4-6,8-9,11-12,14-15,21,34H,7,10,13,16H2,1-3H3,(H2,28,29,30,31)/t21-/m1/s1. The molecule has 10 nitrogen and oxygen atoms in total. The van der Waals surface area contributed by atoms with E-state index in [0.29, 0.717) is 40.6 Å². The van der Waals surface area contributed by atoms with E-state index in [-0.39, 0.29) is 29.6 Å². The molecule has 0 saturated heterocycles. The summed E-state index contributed by atoms with van der Waals surface area (Å²) in [6.45, 7) is 5.80. The number of aromatic nitrogens is 4. The van der Waals surface area contributed by atoms with Crippen molar-refractivity contribution in [3.05, 3.63) is 71.7 Å². The van der Waals surface area contributed by atoms with Crippen LogP contribution in [0.25, 0.3) is 11.5 Å². The summed E-state index contributed by atoms with van der Waals surface area (Å²) in [5.74, 6) is 1.66. The van der Waals surface area contributed by atoms with Crippen molar-refractivity contribution in [1.29, 1.82) is 0 Å². The summed E-state index contributed by atoms with van der Waals surface area (Å²) in [5.41, 5.74) is 2.51. The van der Waals surface area contributed by atoms with Gasteiger partial charge in [-0.05, 0) is 42.2 Å². The van der Waals surface area contributed by atoms with E-state index in [9.17, 15) is 13.5 Å². The number of aryl methyl sites for hydroxylation is 1. The number of nitrogens with one attached hydrogen (secondary N) is 2. The molecule has 11 heteroatoms. The average molecular weight is 535 g/mol. The predicted molar refractivity (Wildman–Crippen MR) is 144 cm³/mol. The number of nitrogens with zero attached hydrogens (tertiary/aromatic N) is 4. The van der Waals surface area contributed by atoms with Crippen LogP contribution in [0.1, 0.15) is 50.2 Å². The van der Waals surface area contributed by atoms with Crippen LogP contribution in [-0.2, 0) is 21.7 Å². The van der Waals surface area contributed by atoms with E-state index in [4.69, 9.17) is 4.52 Å². The first-order valence-electron chi connectivity index (χ1n) is 12.4. The lowest BCUT2D eigenvalue weighted by Crippen LogP contribution is -2.17. The quantitative estimate of drug-likeness (QED) is 0.311. The first kappa shape index (κ1) is 25.8. The van der Waals surface area contributed by atoms with E-state index in [1.165, 1.54) is 0 Å². The highest BCUT2D eigenvalue weighted by Crippen LogP contribution is 2.32. The molecule has 3 N–H and O–H groups in total. The third kappa shape index (κ3) is 5.39. The van der Waals surface area contributed by atoms with E-state index in [1.807, 2.05) is 57.2 Å². The Labute approximate surface area is 221 Å². The zero-order valence-corrected chi connectivity index (χ0v) is 22.3. The summed E-state index contributed by atoms with van der Waals surface area (Å²) in [7, 11) is -3.24. The highest BCUT2D eigenvalue weighted by Gasteiger charge is 2.26. The summed E-state index contributed by atoms with van der Waals surface area (Å²) in [5, 5.41) is 20.7. The van der Waals surface area contributed by atoms with Crippen LogP contribution in [0.2, 0.25) is 0 Å². The SMILES string of the molecule is CC(C)(C)c1noc(-c2cnc(Nc3ccc4c(c3)CCCS4(=O)=O)nc2N[C@H](CO)c2ccccc2)n1. The second-order valence-corrected chi connectivity index (χ2v) is 12.4. The zero-order valence-electron chi connectivity index (χ0n) is 21.5. The van der Waals surface area contributed by atoms with E-state index in [1.54, 1.807) is 18.3 Å². The largest absolute Gasteiger partial charge is 0.394 e. The van der Waals surface area contributed by atoms with Gasteiger partial charge in [0.1, 0.15) is 11.4 Å². The molecule has 2 aromatic heterocycles. The van der Waals surface area contributed by atoms with E-state index < -0.39 is 15.9 Å². The molecular weight excluding hydrogens is 504 g/mol. The van der Waals surface area contributed by atoms with Crippen molar-refractivity contribution in [2.75, 3.05) is 23.0 Å². The molecule has 1 aliphatic heterocycles. The summed E-state index contributed by atoms with van der Waals surface area (Å²) in [6, 6.07) is 14.3. The van der Waals surface area contributed by atoms with Crippen LogP contribution in [0.4, 0.5) is 17.5 Å².